The first-order chi connectivity index (χ1) is 8.17. The lowest BCUT2D eigenvalue weighted by Crippen LogP contribution is -2.12. The highest BCUT2D eigenvalue weighted by atomic mass is 19.1. The predicted octanol–water partition coefficient (Wildman–Crippen LogP) is 2.84. The third-order valence-corrected chi connectivity index (χ3v) is 4.40. The molecule has 2 aliphatic rings. The van der Waals surface area contributed by atoms with Gasteiger partial charge in [-0.2, -0.15) is 0 Å². The van der Waals surface area contributed by atoms with E-state index in [9.17, 15) is 9.50 Å². The maximum Gasteiger partial charge on any atom is 0.132 e. The second-order valence-corrected chi connectivity index (χ2v) is 5.17. The summed E-state index contributed by atoms with van der Waals surface area (Å²) < 4.78 is 19.0. The Kier molecular flexibility index (Phi) is 2.40. The van der Waals surface area contributed by atoms with Crippen molar-refractivity contribution in [2.75, 3.05) is 7.11 Å². The Bertz CT molecular complexity index is 432. The molecule has 92 valence electrons. The summed E-state index contributed by atoms with van der Waals surface area (Å²) in [7, 11) is 1.51. The molecule has 0 aliphatic heterocycles. The van der Waals surface area contributed by atoms with Gasteiger partial charge in [-0.3, -0.25) is 0 Å². The second-order valence-electron chi connectivity index (χ2n) is 5.17. The molecule has 3 rings (SSSR count). The molecule has 0 saturated heterocycles. The molecule has 2 fully saturated rings. The van der Waals surface area contributed by atoms with Crippen LogP contribution in [0.15, 0.2) is 18.2 Å². The number of hydrogen-bond donors (Lipinski definition) is 1. The van der Waals surface area contributed by atoms with Crippen molar-refractivity contribution in [3.8, 4) is 5.75 Å². The van der Waals surface area contributed by atoms with Gasteiger partial charge in [-0.1, -0.05) is 12.8 Å². The van der Waals surface area contributed by atoms with E-state index in [1.807, 2.05) is 0 Å². The molecule has 0 aromatic heterocycles. The molecule has 2 nitrogen and oxygen atoms in total. The van der Waals surface area contributed by atoms with Gasteiger partial charge in [0, 0.05) is 11.6 Å². The molecule has 2 aliphatic carbocycles. The van der Waals surface area contributed by atoms with Gasteiger partial charge in [0.05, 0.1) is 12.7 Å². The Morgan fingerprint density at radius 2 is 1.94 bits per heavy atom. The van der Waals surface area contributed by atoms with Gasteiger partial charge in [-0.15, -0.1) is 0 Å². The Balaban J connectivity index is 1.94. The van der Waals surface area contributed by atoms with Crippen molar-refractivity contribution in [1.29, 1.82) is 0 Å². The monoisotopic (exact) mass is 236 g/mol. The topological polar surface area (TPSA) is 29.5 Å². The third kappa shape index (κ3) is 1.48. The zero-order chi connectivity index (χ0) is 12.0. The second kappa shape index (κ2) is 3.70. The van der Waals surface area contributed by atoms with Gasteiger partial charge in [0.25, 0.3) is 0 Å². The summed E-state index contributed by atoms with van der Waals surface area (Å²) in [5.41, 5.74) is -0.456. The average Bonchev–Trinajstić information content (AvgIpc) is 2.96. The van der Waals surface area contributed by atoms with Crippen LogP contribution in [0.1, 0.15) is 31.2 Å². The lowest BCUT2D eigenvalue weighted by Gasteiger charge is -2.13. The van der Waals surface area contributed by atoms with Crippen molar-refractivity contribution < 1.29 is 14.2 Å². The molecule has 0 spiro atoms. The number of rotatable bonds is 2. The summed E-state index contributed by atoms with van der Waals surface area (Å²) in [5, 5.41) is 10.6. The number of hydrogen-bond acceptors (Lipinski definition) is 2. The SMILES string of the molecule is COc1ccc(C2(O)C3CCCCC32)c(F)c1. The zero-order valence-corrected chi connectivity index (χ0v) is 9.95. The quantitative estimate of drug-likeness (QED) is 0.855. The fraction of sp³-hybridized carbons (Fsp3) is 0.571. The lowest BCUT2D eigenvalue weighted by molar-refractivity contribution is 0.113. The Hall–Kier alpha value is -1.09. The van der Waals surface area contributed by atoms with E-state index < -0.39 is 5.60 Å². The maximum atomic E-state index is 14.0. The predicted molar refractivity (Wildman–Crippen MR) is 62.3 cm³/mol. The van der Waals surface area contributed by atoms with Crippen LogP contribution in [-0.4, -0.2) is 12.2 Å². The summed E-state index contributed by atoms with van der Waals surface area (Å²) in [6, 6.07) is 4.75. The first-order valence-corrected chi connectivity index (χ1v) is 6.24. The summed E-state index contributed by atoms with van der Waals surface area (Å²) in [6.07, 6.45) is 4.35. The molecule has 2 unspecified atom stereocenters. The molecule has 2 saturated carbocycles. The highest BCUT2D eigenvalue weighted by Crippen LogP contribution is 2.64. The van der Waals surface area contributed by atoms with Gasteiger partial charge >= 0.3 is 0 Å². The van der Waals surface area contributed by atoms with Crippen LogP contribution < -0.4 is 4.74 Å². The van der Waals surface area contributed by atoms with E-state index in [4.69, 9.17) is 4.74 Å². The summed E-state index contributed by atoms with van der Waals surface area (Å²) in [6.45, 7) is 0. The van der Waals surface area contributed by atoms with Crippen LogP contribution in [0.3, 0.4) is 0 Å². The van der Waals surface area contributed by atoms with Crippen LogP contribution >= 0.6 is 0 Å². The van der Waals surface area contributed by atoms with Crippen LogP contribution in [0.5, 0.6) is 5.75 Å². The van der Waals surface area contributed by atoms with E-state index in [1.165, 1.54) is 13.2 Å². The molecular formula is C14H17FO2. The van der Waals surface area contributed by atoms with Gasteiger partial charge in [-0.25, -0.2) is 4.39 Å². The molecule has 1 aromatic carbocycles. The number of benzene rings is 1. The molecule has 0 amide bonds. The standard InChI is InChI=1S/C14H17FO2/c1-17-9-6-7-12(13(15)8-9)14(16)10-4-2-3-5-11(10)14/h6-8,10-11,16H,2-5H2,1H3. The Morgan fingerprint density at radius 3 is 2.47 bits per heavy atom. The largest absolute Gasteiger partial charge is 0.497 e. The van der Waals surface area contributed by atoms with Crippen LogP contribution in [0, 0.1) is 17.7 Å². The van der Waals surface area contributed by atoms with E-state index in [2.05, 4.69) is 0 Å². The summed E-state index contributed by atoms with van der Waals surface area (Å²) >= 11 is 0. The highest BCUT2D eigenvalue weighted by Gasteiger charge is 2.65. The number of fused-ring (bicyclic) bond motifs is 1. The van der Waals surface area contributed by atoms with E-state index in [-0.39, 0.29) is 17.7 Å². The molecular weight excluding hydrogens is 219 g/mol. The lowest BCUT2D eigenvalue weighted by atomic mass is 10.0. The van der Waals surface area contributed by atoms with Gasteiger partial charge < -0.3 is 9.84 Å². The summed E-state index contributed by atoms with van der Waals surface area (Å²) in [5.74, 6) is 0.679. The van der Waals surface area contributed by atoms with Crippen molar-refractivity contribution in [2.45, 2.75) is 31.3 Å². The molecule has 1 aromatic rings. The molecule has 3 heteroatoms. The van der Waals surface area contributed by atoms with Gasteiger partial charge in [0.15, 0.2) is 0 Å². The number of methoxy groups -OCH3 is 1. The first-order valence-electron chi connectivity index (χ1n) is 6.24. The van der Waals surface area contributed by atoms with E-state index in [1.54, 1.807) is 12.1 Å². The number of ether oxygens (including phenoxy) is 1. The minimum Gasteiger partial charge on any atom is -0.497 e. The Morgan fingerprint density at radius 1 is 1.29 bits per heavy atom. The van der Waals surface area contributed by atoms with Gasteiger partial charge in [-0.05, 0) is 36.8 Å². The third-order valence-electron chi connectivity index (χ3n) is 4.40. The smallest absolute Gasteiger partial charge is 0.132 e. The van der Waals surface area contributed by atoms with Crippen LogP contribution in [0.25, 0.3) is 0 Å². The van der Waals surface area contributed by atoms with Crippen LogP contribution in [-0.2, 0) is 5.60 Å². The fourth-order valence-corrected chi connectivity index (χ4v) is 3.44. The minimum absolute atomic E-state index is 0.263. The number of halogens is 1. The molecule has 0 radical (unpaired) electrons. The van der Waals surface area contributed by atoms with E-state index in [0.717, 1.165) is 25.7 Å². The van der Waals surface area contributed by atoms with Crippen molar-refractivity contribution in [3.63, 3.8) is 0 Å². The van der Waals surface area contributed by atoms with Crippen molar-refractivity contribution in [1.82, 2.24) is 0 Å². The van der Waals surface area contributed by atoms with Crippen LogP contribution in [0.2, 0.25) is 0 Å². The first kappa shape index (κ1) is 11.0. The summed E-state index contributed by atoms with van der Waals surface area (Å²) in [4.78, 5) is 0. The Labute approximate surface area is 100 Å². The molecule has 0 heterocycles. The van der Waals surface area contributed by atoms with Gasteiger partial charge in [0.1, 0.15) is 11.6 Å². The molecule has 1 N–H and O–H groups in total. The highest BCUT2D eigenvalue weighted by molar-refractivity contribution is 5.38. The maximum absolute atomic E-state index is 14.0. The fourth-order valence-electron chi connectivity index (χ4n) is 3.44. The van der Waals surface area contributed by atoms with Crippen molar-refractivity contribution in [3.05, 3.63) is 29.6 Å². The van der Waals surface area contributed by atoms with Crippen molar-refractivity contribution in [2.24, 2.45) is 11.8 Å². The van der Waals surface area contributed by atoms with Gasteiger partial charge in [0.2, 0.25) is 0 Å². The number of aliphatic hydroxyl groups is 1. The van der Waals surface area contributed by atoms with Crippen LogP contribution in [0.4, 0.5) is 4.39 Å². The van der Waals surface area contributed by atoms with E-state index in [0.29, 0.717) is 11.3 Å². The molecule has 17 heavy (non-hydrogen) atoms. The van der Waals surface area contributed by atoms with E-state index >= 15 is 0 Å². The minimum atomic E-state index is -0.910. The molecule has 0 bridgehead atoms. The molecule has 2 atom stereocenters. The van der Waals surface area contributed by atoms with Crippen molar-refractivity contribution >= 4 is 0 Å². The normalized spacial score (nSPS) is 35.2. The zero-order valence-electron chi connectivity index (χ0n) is 9.95. The average molecular weight is 236 g/mol.